The predicted octanol–water partition coefficient (Wildman–Crippen LogP) is 7.16. The van der Waals surface area contributed by atoms with Crippen molar-refractivity contribution in [2.45, 2.75) is 78.1 Å². The highest BCUT2D eigenvalue weighted by atomic mass is 32.1. The van der Waals surface area contributed by atoms with Gasteiger partial charge in [0.2, 0.25) is 0 Å². The van der Waals surface area contributed by atoms with E-state index in [4.69, 9.17) is 4.63 Å². The number of aromatic nitrogens is 4. The van der Waals surface area contributed by atoms with Gasteiger partial charge in [-0.3, -0.25) is 0 Å². The first kappa shape index (κ1) is 20.9. The highest BCUT2D eigenvalue weighted by Crippen LogP contribution is 2.36. The molecule has 0 aliphatic carbocycles. The minimum Gasteiger partial charge on any atom is -0.243 e. The van der Waals surface area contributed by atoms with Crippen molar-refractivity contribution in [2.75, 3.05) is 0 Å². The van der Waals surface area contributed by atoms with Gasteiger partial charge in [-0.05, 0) is 69.1 Å². The summed E-state index contributed by atoms with van der Waals surface area (Å²) in [4.78, 5) is 0. The van der Waals surface area contributed by atoms with Crippen LogP contribution in [0.3, 0.4) is 0 Å². The van der Waals surface area contributed by atoms with Gasteiger partial charge < -0.3 is 0 Å². The van der Waals surface area contributed by atoms with Crippen LogP contribution in [0.4, 0.5) is 0 Å². The van der Waals surface area contributed by atoms with Crippen LogP contribution in [0.1, 0.15) is 100 Å². The number of hydrogen-bond donors (Lipinski definition) is 0. The molecule has 4 aromatic rings. The van der Waals surface area contributed by atoms with E-state index in [0.29, 0.717) is 23.7 Å². The molecule has 30 heavy (non-hydrogen) atoms. The normalized spacial score (nSPS) is 14.3. The number of hydrogen-bond acceptors (Lipinski definition) is 6. The average Bonchev–Trinajstić information content (AvgIpc) is 3.39. The quantitative estimate of drug-likeness (QED) is 0.316. The fourth-order valence-electron chi connectivity index (χ4n) is 4.35. The van der Waals surface area contributed by atoms with Gasteiger partial charge in [-0.15, -0.1) is 0 Å². The third-order valence-corrected chi connectivity index (χ3v) is 6.82. The van der Waals surface area contributed by atoms with Gasteiger partial charge >= 0.3 is 0 Å². The first-order chi connectivity index (χ1) is 14.4. The van der Waals surface area contributed by atoms with E-state index in [-0.39, 0.29) is 0 Å². The zero-order valence-corrected chi connectivity index (χ0v) is 19.5. The molecule has 6 heteroatoms. The van der Waals surface area contributed by atoms with Gasteiger partial charge in [0, 0.05) is 0 Å². The largest absolute Gasteiger partial charge is 0.243 e. The van der Waals surface area contributed by atoms with Crippen LogP contribution in [0.2, 0.25) is 0 Å². The summed E-state index contributed by atoms with van der Waals surface area (Å²) >= 11 is 1.32. The monoisotopic (exact) mass is 422 g/mol. The maximum atomic E-state index is 5.10. The lowest BCUT2D eigenvalue weighted by molar-refractivity contribution is 0.315. The lowest BCUT2D eigenvalue weighted by Crippen LogP contribution is -2.02. The molecule has 2 unspecified atom stereocenters. The maximum Gasteiger partial charge on any atom is 0.138 e. The van der Waals surface area contributed by atoms with Crippen molar-refractivity contribution < 1.29 is 4.63 Å². The molecule has 0 saturated heterocycles. The Balaban J connectivity index is 1.54. The van der Waals surface area contributed by atoms with E-state index in [0.717, 1.165) is 34.9 Å². The lowest BCUT2D eigenvalue weighted by atomic mass is 9.86. The molecule has 2 aromatic carbocycles. The van der Waals surface area contributed by atoms with Crippen molar-refractivity contribution in [3.63, 3.8) is 0 Å². The average molecular weight is 423 g/mol. The number of nitrogens with zero attached hydrogens (tertiary/aromatic N) is 4. The fourth-order valence-corrected chi connectivity index (χ4v) is 4.94. The van der Waals surface area contributed by atoms with Crippen LogP contribution in [-0.4, -0.2) is 19.1 Å². The second kappa shape index (κ2) is 8.42. The van der Waals surface area contributed by atoms with Crippen LogP contribution in [0, 0.1) is 0 Å². The molecule has 0 N–H and O–H groups in total. The topological polar surface area (TPSA) is 64.7 Å². The maximum absolute atomic E-state index is 5.10. The van der Waals surface area contributed by atoms with E-state index < -0.39 is 0 Å². The van der Waals surface area contributed by atoms with E-state index in [9.17, 15) is 0 Å². The van der Waals surface area contributed by atoms with Crippen molar-refractivity contribution in [2.24, 2.45) is 0 Å². The summed E-state index contributed by atoms with van der Waals surface area (Å²) in [6.45, 7) is 13.3. The van der Waals surface area contributed by atoms with Crippen molar-refractivity contribution in [3.8, 4) is 0 Å². The van der Waals surface area contributed by atoms with Crippen LogP contribution >= 0.6 is 11.7 Å². The fraction of sp³-hybridized carbons (Fsp3) is 0.500. The standard InChI is InChI=1S/C24H30N4OS/c1-13(2)17-9-11-19(22-21(17)25-29-26-22)15(5)7-8-16(6)20-12-10-18(14(3)4)23-24(20)28-30-27-23/h9-16H,7-8H2,1-6H3. The molecule has 0 fully saturated rings. The Bertz CT molecular complexity index is 1070. The summed E-state index contributed by atoms with van der Waals surface area (Å²) in [5, 5.41) is 8.40. The summed E-state index contributed by atoms with van der Waals surface area (Å²) in [5.74, 6) is 1.64. The lowest BCUT2D eigenvalue weighted by Gasteiger charge is -2.18. The Morgan fingerprint density at radius 3 is 1.57 bits per heavy atom. The second-order valence-electron chi connectivity index (χ2n) is 9.10. The molecule has 158 valence electrons. The minimum absolute atomic E-state index is 0.377. The Kier molecular flexibility index (Phi) is 5.87. The third-order valence-electron chi connectivity index (χ3n) is 6.29. The van der Waals surface area contributed by atoms with Crippen LogP contribution < -0.4 is 0 Å². The number of fused-ring (bicyclic) bond motifs is 2. The Labute approximate surface area is 182 Å². The summed E-state index contributed by atoms with van der Waals surface area (Å²) < 4.78 is 14.3. The summed E-state index contributed by atoms with van der Waals surface area (Å²) in [6.07, 6.45) is 2.14. The molecule has 5 nitrogen and oxygen atoms in total. The van der Waals surface area contributed by atoms with Crippen LogP contribution in [0.25, 0.3) is 22.1 Å². The van der Waals surface area contributed by atoms with Crippen LogP contribution in [0.5, 0.6) is 0 Å². The van der Waals surface area contributed by atoms with Gasteiger partial charge in [-0.1, -0.05) is 65.8 Å². The predicted molar refractivity (Wildman–Crippen MR) is 123 cm³/mol. The Morgan fingerprint density at radius 1 is 0.633 bits per heavy atom. The molecule has 0 aliphatic rings. The molecule has 0 spiro atoms. The number of rotatable bonds is 7. The molecule has 0 bridgehead atoms. The first-order valence-electron chi connectivity index (χ1n) is 10.9. The van der Waals surface area contributed by atoms with Crippen LogP contribution in [0.15, 0.2) is 28.9 Å². The van der Waals surface area contributed by atoms with E-state index >= 15 is 0 Å². The molecule has 0 amide bonds. The first-order valence-corrected chi connectivity index (χ1v) is 11.6. The van der Waals surface area contributed by atoms with Gasteiger partial charge in [-0.25, -0.2) is 4.63 Å². The summed E-state index contributed by atoms with van der Waals surface area (Å²) in [6, 6.07) is 8.88. The van der Waals surface area contributed by atoms with E-state index in [2.05, 4.69) is 84.9 Å². The third kappa shape index (κ3) is 3.73. The second-order valence-corrected chi connectivity index (χ2v) is 9.63. The highest BCUT2D eigenvalue weighted by molar-refractivity contribution is 7.00. The van der Waals surface area contributed by atoms with E-state index in [1.54, 1.807) is 0 Å². The van der Waals surface area contributed by atoms with Gasteiger partial charge in [0.15, 0.2) is 0 Å². The van der Waals surface area contributed by atoms with E-state index in [1.807, 2.05) is 0 Å². The van der Waals surface area contributed by atoms with E-state index in [1.165, 1.54) is 34.0 Å². The smallest absolute Gasteiger partial charge is 0.138 e. The zero-order valence-electron chi connectivity index (χ0n) is 18.6. The Morgan fingerprint density at radius 2 is 1.03 bits per heavy atom. The van der Waals surface area contributed by atoms with Crippen molar-refractivity contribution in [3.05, 3.63) is 46.5 Å². The van der Waals surface area contributed by atoms with Crippen molar-refractivity contribution in [1.29, 1.82) is 0 Å². The van der Waals surface area contributed by atoms with Gasteiger partial charge in [-0.2, -0.15) is 8.75 Å². The molecular weight excluding hydrogens is 392 g/mol. The van der Waals surface area contributed by atoms with Crippen molar-refractivity contribution in [1.82, 2.24) is 19.1 Å². The molecule has 2 heterocycles. The SMILES string of the molecule is CC(C)c1ccc(C(C)CCC(C)c2ccc(C(C)C)c3nsnc23)c2nonc12. The summed E-state index contributed by atoms with van der Waals surface area (Å²) in [7, 11) is 0. The zero-order chi connectivity index (χ0) is 21.4. The molecule has 0 aliphatic heterocycles. The van der Waals surface area contributed by atoms with Gasteiger partial charge in [0.25, 0.3) is 0 Å². The summed E-state index contributed by atoms with van der Waals surface area (Å²) in [5.41, 5.74) is 8.98. The molecule has 2 aromatic heterocycles. The minimum atomic E-state index is 0.377. The Hall–Kier alpha value is -2.34. The molecule has 2 atom stereocenters. The van der Waals surface area contributed by atoms with Gasteiger partial charge in [0.05, 0.1) is 11.7 Å². The van der Waals surface area contributed by atoms with Gasteiger partial charge in [0.1, 0.15) is 22.1 Å². The molecule has 4 rings (SSSR count). The highest BCUT2D eigenvalue weighted by Gasteiger charge is 2.20. The molecule has 0 saturated carbocycles. The molecular formula is C24H30N4OS. The van der Waals surface area contributed by atoms with Crippen molar-refractivity contribution >= 4 is 33.8 Å². The molecule has 0 radical (unpaired) electrons. The van der Waals surface area contributed by atoms with Crippen LogP contribution in [-0.2, 0) is 0 Å². The number of benzene rings is 2.